The maximum absolute atomic E-state index is 12.3. The van der Waals surface area contributed by atoms with Crippen molar-refractivity contribution in [1.82, 2.24) is 4.98 Å². The number of hydrogen-bond acceptors (Lipinski definition) is 3. The van der Waals surface area contributed by atoms with E-state index >= 15 is 0 Å². The topological polar surface area (TPSA) is 42.0 Å². The van der Waals surface area contributed by atoms with Crippen LogP contribution in [0, 0.1) is 0 Å². The highest BCUT2D eigenvalue weighted by Crippen LogP contribution is 2.36. The van der Waals surface area contributed by atoms with E-state index in [-0.39, 0.29) is 12.3 Å². The van der Waals surface area contributed by atoms with E-state index in [0.29, 0.717) is 26.3 Å². The minimum Gasteiger partial charge on any atom is -0.325 e. The van der Waals surface area contributed by atoms with Crippen molar-refractivity contribution in [3.05, 3.63) is 69.1 Å². The van der Waals surface area contributed by atoms with E-state index < -0.39 is 0 Å². The number of nitrogens with one attached hydrogen (secondary N) is 1. The van der Waals surface area contributed by atoms with Crippen LogP contribution in [0.2, 0.25) is 10.0 Å². The van der Waals surface area contributed by atoms with Crippen molar-refractivity contribution in [2.45, 2.75) is 19.8 Å². The van der Waals surface area contributed by atoms with Gasteiger partial charge in [0, 0.05) is 16.6 Å². The van der Waals surface area contributed by atoms with Gasteiger partial charge in [0.1, 0.15) is 5.01 Å². The van der Waals surface area contributed by atoms with Gasteiger partial charge in [-0.25, -0.2) is 4.98 Å². The van der Waals surface area contributed by atoms with Crippen molar-refractivity contribution in [2.24, 2.45) is 0 Å². The zero-order valence-corrected chi connectivity index (χ0v) is 15.9. The third kappa shape index (κ3) is 4.21. The Morgan fingerprint density at radius 2 is 1.84 bits per heavy atom. The Bertz CT molecular complexity index is 888. The molecule has 3 rings (SSSR count). The first kappa shape index (κ1) is 17.9. The summed E-state index contributed by atoms with van der Waals surface area (Å²) < 4.78 is 0. The third-order valence-electron chi connectivity index (χ3n) is 3.74. The van der Waals surface area contributed by atoms with Crippen LogP contribution in [0.4, 0.5) is 5.69 Å². The quantitative estimate of drug-likeness (QED) is 0.592. The summed E-state index contributed by atoms with van der Waals surface area (Å²) in [5.41, 5.74) is 3.36. The molecule has 1 amide bonds. The van der Waals surface area contributed by atoms with Crippen molar-refractivity contribution >= 4 is 46.1 Å². The van der Waals surface area contributed by atoms with Crippen LogP contribution in [0.1, 0.15) is 18.2 Å². The van der Waals surface area contributed by atoms with Gasteiger partial charge in [0.2, 0.25) is 5.91 Å². The molecule has 1 aromatic heterocycles. The summed E-state index contributed by atoms with van der Waals surface area (Å²) in [5.74, 6) is -0.0944. The molecule has 3 aromatic rings. The van der Waals surface area contributed by atoms with E-state index in [2.05, 4.69) is 17.2 Å². The third-order valence-corrected chi connectivity index (χ3v) is 5.28. The van der Waals surface area contributed by atoms with Gasteiger partial charge in [0.15, 0.2) is 0 Å². The number of nitrogens with zero attached hydrogens (tertiary/aromatic N) is 1. The van der Waals surface area contributed by atoms with E-state index in [4.69, 9.17) is 23.2 Å². The lowest BCUT2D eigenvalue weighted by Gasteiger charge is -2.08. The molecule has 1 N–H and O–H groups in total. The fourth-order valence-corrected chi connectivity index (χ4v) is 4.09. The molecule has 25 heavy (non-hydrogen) atoms. The minimum atomic E-state index is -0.0944. The molecule has 1 heterocycles. The van der Waals surface area contributed by atoms with Crippen LogP contribution >= 0.6 is 34.5 Å². The smallest absolute Gasteiger partial charge is 0.230 e. The average molecular weight is 391 g/mol. The van der Waals surface area contributed by atoms with Gasteiger partial charge in [-0.2, -0.15) is 0 Å². The Morgan fingerprint density at radius 3 is 2.56 bits per heavy atom. The molecule has 3 nitrogen and oxygen atoms in total. The highest BCUT2D eigenvalue weighted by molar-refractivity contribution is 7.13. The second-order valence-electron chi connectivity index (χ2n) is 5.48. The molecule has 0 radical (unpaired) electrons. The van der Waals surface area contributed by atoms with Crippen molar-refractivity contribution in [2.75, 3.05) is 5.32 Å². The number of anilines is 1. The summed E-state index contributed by atoms with van der Waals surface area (Å²) in [4.78, 5) is 16.8. The normalized spacial score (nSPS) is 10.7. The zero-order valence-electron chi connectivity index (χ0n) is 13.6. The first-order valence-corrected chi connectivity index (χ1v) is 9.48. The van der Waals surface area contributed by atoms with E-state index in [1.165, 1.54) is 11.3 Å². The predicted octanol–water partition coefficient (Wildman–Crippen LogP) is 5.86. The number of aryl methyl sites for hydroxylation is 1. The van der Waals surface area contributed by atoms with Gasteiger partial charge in [-0.15, -0.1) is 11.3 Å². The number of amides is 1. The molecule has 6 heteroatoms. The van der Waals surface area contributed by atoms with E-state index in [9.17, 15) is 4.79 Å². The van der Waals surface area contributed by atoms with Gasteiger partial charge in [0.05, 0.1) is 22.2 Å². The summed E-state index contributed by atoms with van der Waals surface area (Å²) in [7, 11) is 0. The molecular weight excluding hydrogens is 375 g/mol. The SMILES string of the molecule is CCc1ccccc1NC(=O)Cc1csc(-c2c(Cl)cccc2Cl)n1. The molecule has 0 saturated carbocycles. The monoisotopic (exact) mass is 390 g/mol. The average Bonchev–Trinajstić information content (AvgIpc) is 3.03. The highest BCUT2D eigenvalue weighted by atomic mass is 35.5. The maximum atomic E-state index is 12.3. The lowest BCUT2D eigenvalue weighted by molar-refractivity contribution is -0.115. The molecule has 128 valence electrons. The molecular formula is C19H16Cl2N2OS. The Labute approximate surface area is 160 Å². The Morgan fingerprint density at radius 1 is 1.12 bits per heavy atom. The van der Waals surface area contributed by atoms with Gasteiger partial charge < -0.3 is 5.32 Å². The number of halogens is 2. The standard InChI is InChI=1S/C19H16Cl2N2OS/c1-2-12-6-3-4-9-16(12)23-17(24)10-13-11-25-19(22-13)18-14(20)7-5-8-15(18)21/h3-9,11H,2,10H2,1H3,(H,23,24). The van der Waals surface area contributed by atoms with Crippen molar-refractivity contribution in [1.29, 1.82) is 0 Å². The first-order valence-electron chi connectivity index (χ1n) is 7.85. The predicted molar refractivity (Wildman–Crippen MR) is 106 cm³/mol. The summed E-state index contributed by atoms with van der Waals surface area (Å²) in [6, 6.07) is 13.1. The number of aromatic nitrogens is 1. The van der Waals surface area contributed by atoms with E-state index in [0.717, 1.165) is 17.7 Å². The van der Waals surface area contributed by atoms with Crippen molar-refractivity contribution in [3.63, 3.8) is 0 Å². The Kier molecular flexibility index (Phi) is 5.74. The second kappa shape index (κ2) is 8.00. The fourth-order valence-electron chi connectivity index (χ4n) is 2.51. The summed E-state index contributed by atoms with van der Waals surface area (Å²) in [6.45, 7) is 2.06. The second-order valence-corrected chi connectivity index (χ2v) is 7.15. The molecule has 0 aliphatic heterocycles. The van der Waals surface area contributed by atoms with E-state index in [1.807, 2.05) is 29.6 Å². The number of carbonyl (C=O) groups excluding carboxylic acids is 1. The fraction of sp³-hybridized carbons (Fsp3) is 0.158. The number of carbonyl (C=O) groups is 1. The maximum Gasteiger partial charge on any atom is 0.230 e. The Balaban J connectivity index is 1.74. The van der Waals surface area contributed by atoms with Crippen LogP contribution < -0.4 is 5.32 Å². The zero-order chi connectivity index (χ0) is 17.8. The number of hydrogen-bond donors (Lipinski definition) is 1. The molecule has 0 saturated heterocycles. The molecule has 2 aromatic carbocycles. The van der Waals surface area contributed by atoms with Gasteiger partial charge in [-0.1, -0.05) is 54.4 Å². The number of thiazole rings is 1. The van der Waals surface area contributed by atoms with Crippen LogP contribution in [-0.2, 0) is 17.6 Å². The molecule has 0 unspecified atom stereocenters. The Hall–Kier alpha value is -1.88. The molecule has 0 aliphatic rings. The van der Waals surface area contributed by atoms with Crippen LogP contribution in [-0.4, -0.2) is 10.9 Å². The summed E-state index contributed by atoms with van der Waals surface area (Å²) in [5, 5.41) is 6.63. The number of benzene rings is 2. The first-order chi connectivity index (χ1) is 12.1. The van der Waals surface area contributed by atoms with Crippen molar-refractivity contribution in [3.8, 4) is 10.6 Å². The molecule has 0 fully saturated rings. The number of rotatable bonds is 5. The lowest BCUT2D eigenvalue weighted by Crippen LogP contribution is -2.15. The van der Waals surface area contributed by atoms with Gasteiger partial charge in [-0.3, -0.25) is 4.79 Å². The summed E-state index contributed by atoms with van der Waals surface area (Å²) in [6.07, 6.45) is 1.07. The van der Waals surface area contributed by atoms with Gasteiger partial charge >= 0.3 is 0 Å². The molecule has 0 aliphatic carbocycles. The molecule has 0 spiro atoms. The molecule has 0 bridgehead atoms. The van der Waals surface area contributed by atoms with Crippen LogP contribution in [0.5, 0.6) is 0 Å². The lowest BCUT2D eigenvalue weighted by atomic mass is 10.1. The van der Waals surface area contributed by atoms with Crippen LogP contribution in [0.25, 0.3) is 10.6 Å². The largest absolute Gasteiger partial charge is 0.325 e. The van der Waals surface area contributed by atoms with Crippen LogP contribution in [0.3, 0.4) is 0 Å². The minimum absolute atomic E-state index is 0.0944. The number of para-hydroxylation sites is 1. The van der Waals surface area contributed by atoms with Gasteiger partial charge in [-0.05, 0) is 30.2 Å². The van der Waals surface area contributed by atoms with Crippen LogP contribution in [0.15, 0.2) is 47.8 Å². The summed E-state index contributed by atoms with van der Waals surface area (Å²) >= 11 is 13.9. The highest BCUT2D eigenvalue weighted by Gasteiger charge is 2.14. The van der Waals surface area contributed by atoms with Crippen molar-refractivity contribution < 1.29 is 4.79 Å². The van der Waals surface area contributed by atoms with E-state index in [1.54, 1.807) is 18.2 Å². The van der Waals surface area contributed by atoms with Gasteiger partial charge in [0.25, 0.3) is 0 Å². The molecule has 0 atom stereocenters.